The Balaban J connectivity index is 1.74. The van der Waals surface area contributed by atoms with Gasteiger partial charge in [0.1, 0.15) is 0 Å². The summed E-state index contributed by atoms with van der Waals surface area (Å²) in [6.07, 6.45) is 0. The van der Waals surface area contributed by atoms with Crippen LogP contribution in [0.15, 0.2) is 46.9 Å². The van der Waals surface area contributed by atoms with Crippen molar-refractivity contribution in [1.82, 2.24) is 5.43 Å². The molecule has 1 aromatic heterocycles. The van der Waals surface area contributed by atoms with Crippen LogP contribution >= 0.6 is 23.1 Å². The molecule has 0 fully saturated rings. The fourth-order valence-corrected chi connectivity index (χ4v) is 3.15. The number of nitrogens with one attached hydrogen (secondary N) is 1. The summed E-state index contributed by atoms with van der Waals surface area (Å²) < 4.78 is 0. The van der Waals surface area contributed by atoms with E-state index in [2.05, 4.69) is 10.5 Å². The van der Waals surface area contributed by atoms with Gasteiger partial charge in [0.05, 0.1) is 16.4 Å². The molecular formula is C15H15N3O3S2. The summed E-state index contributed by atoms with van der Waals surface area (Å²) >= 11 is 3.00. The molecule has 1 heterocycles. The largest absolute Gasteiger partial charge is 0.272 e. The minimum Gasteiger partial charge on any atom is -0.272 e. The standard InChI is InChI=1S/C15H15N3O3S2/c1-11(14-3-2-8-23-14)16-17-15(19)10-22-9-12-4-6-13(7-5-12)18(20)21/h2-8H,9-10H2,1H3,(H,17,19). The second-order valence-corrected chi connectivity index (χ2v) is 6.56. The first-order chi connectivity index (χ1) is 11.1. The van der Waals surface area contributed by atoms with Gasteiger partial charge in [0, 0.05) is 22.8 Å². The van der Waals surface area contributed by atoms with Crippen molar-refractivity contribution in [3.8, 4) is 0 Å². The number of thiophene rings is 1. The molecule has 0 atom stereocenters. The molecule has 0 saturated heterocycles. The molecule has 0 aliphatic heterocycles. The highest BCUT2D eigenvalue weighted by atomic mass is 32.2. The van der Waals surface area contributed by atoms with Crippen molar-refractivity contribution >= 4 is 40.4 Å². The van der Waals surface area contributed by atoms with E-state index in [1.54, 1.807) is 23.5 Å². The monoisotopic (exact) mass is 349 g/mol. The Morgan fingerprint density at radius 2 is 2.09 bits per heavy atom. The van der Waals surface area contributed by atoms with Gasteiger partial charge in [-0.2, -0.15) is 5.10 Å². The van der Waals surface area contributed by atoms with E-state index in [1.807, 2.05) is 24.4 Å². The summed E-state index contributed by atoms with van der Waals surface area (Å²) in [5.74, 6) is 0.713. The number of amides is 1. The Morgan fingerprint density at radius 3 is 2.70 bits per heavy atom. The zero-order chi connectivity index (χ0) is 16.7. The summed E-state index contributed by atoms with van der Waals surface area (Å²) in [7, 11) is 0. The van der Waals surface area contributed by atoms with Crippen molar-refractivity contribution in [3.63, 3.8) is 0 Å². The zero-order valence-corrected chi connectivity index (χ0v) is 14.0. The van der Waals surface area contributed by atoms with Crippen LogP contribution in [0.2, 0.25) is 0 Å². The van der Waals surface area contributed by atoms with Crippen LogP contribution in [0.4, 0.5) is 5.69 Å². The number of carbonyl (C=O) groups is 1. The normalized spacial score (nSPS) is 11.3. The maximum absolute atomic E-state index is 11.7. The molecule has 2 aromatic rings. The molecular weight excluding hydrogens is 334 g/mol. The van der Waals surface area contributed by atoms with Crippen molar-refractivity contribution in [2.45, 2.75) is 12.7 Å². The molecule has 0 saturated carbocycles. The van der Waals surface area contributed by atoms with Crippen LogP contribution in [-0.4, -0.2) is 22.3 Å². The van der Waals surface area contributed by atoms with Crippen LogP contribution in [0.5, 0.6) is 0 Å². The molecule has 23 heavy (non-hydrogen) atoms. The van der Waals surface area contributed by atoms with E-state index in [0.29, 0.717) is 5.75 Å². The average molecular weight is 349 g/mol. The fourth-order valence-electron chi connectivity index (χ4n) is 1.69. The number of carbonyl (C=O) groups excluding carboxylic acids is 1. The summed E-state index contributed by atoms with van der Waals surface area (Å²) in [6.45, 7) is 1.84. The molecule has 0 bridgehead atoms. The number of nitro benzene ring substituents is 1. The third-order valence-corrected chi connectivity index (χ3v) is 4.86. The van der Waals surface area contributed by atoms with Crippen molar-refractivity contribution in [3.05, 3.63) is 62.3 Å². The molecule has 8 heteroatoms. The predicted octanol–water partition coefficient (Wildman–Crippen LogP) is 3.43. The van der Waals surface area contributed by atoms with E-state index in [1.165, 1.54) is 23.9 Å². The van der Waals surface area contributed by atoms with Gasteiger partial charge in [-0.3, -0.25) is 14.9 Å². The van der Waals surface area contributed by atoms with Gasteiger partial charge >= 0.3 is 0 Å². The summed E-state index contributed by atoms with van der Waals surface area (Å²) in [5.41, 5.74) is 4.30. The fraction of sp³-hybridized carbons (Fsp3) is 0.200. The maximum Gasteiger partial charge on any atom is 0.269 e. The van der Waals surface area contributed by atoms with Crippen molar-refractivity contribution in [1.29, 1.82) is 0 Å². The summed E-state index contributed by atoms with van der Waals surface area (Å²) in [4.78, 5) is 22.9. The molecule has 1 aromatic carbocycles. The van der Waals surface area contributed by atoms with Crippen molar-refractivity contribution in [2.75, 3.05) is 5.75 Å². The molecule has 0 aliphatic carbocycles. The second kappa shape index (κ2) is 8.44. The molecule has 0 aliphatic rings. The Hall–Kier alpha value is -2.19. The van der Waals surface area contributed by atoms with Gasteiger partial charge in [0.25, 0.3) is 5.69 Å². The highest BCUT2D eigenvalue weighted by Crippen LogP contribution is 2.16. The molecule has 0 unspecified atom stereocenters. The second-order valence-electron chi connectivity index (χ2n) is 4.63. The number of non-ortho nitro benzene ring substituents is 1. The molecule has 1 N–H and O–H groups in total. The lowest BCUT2D eigenvalue weighted by Crippen LogP contribution is -2.21. The van der Waals surface area contributed by atoms with Gasteiger partial charge in [-0.25, -0.2) is 5.43 Å². The summed E-state index contributed by atoms with van der Waals surface area (Å²) in [5, 5.41) is 16.6. The molecule has 120 valence electrons. The SMILES string of the molecule is CC(=NNC(=O)CSCc1ccc([N+](=O)[O-])cc1)c1cccs1. The van der Waals surface area contributed by atoms with Gasteiger partial charge in [-0.15, -0.1) is 23.1 Å². The van der Waals surface area contributed by atoms with Gasteiger partial charge in [0.15, 0.2) is 0 Å². The number of hydrogen-bond acceptors (Lipinski definition) is 6. The smallest absolute Gasteiger partial charge is 0.269 e. The summed E-state index contributed by atoms with van der Waals surface area (Å²) in [6, 6.07) is 10.2. The first kappa shape index (κ1) is 17.2. The molecule has 0 spiro atoms. The van der Waals surface area contributed by atoms with E-state index >= 15 is 0 Å². The van der Waals surface area contributed by atoms with E-state index in [4.69, 9.17) is 0 Å². The van der Waals surface area contributed by atoms with Crippen LogP contribution in [0.3, 0.4) is 0 Å². The van der Waals surface area contributed by atoms with Crippen LogP contribution in [0, 0.1) is 10.1 Å². The van der Waals surface area contributed by atoms with Crippen molar-refractivity contribution < 1.29 is 9.72 Å². The van der Waals surface area contributed by atoms with Crippen LogP contribution < -0.4 is 5.43 Å². The quantitative estimate of drug-likeness (QED) is 0.471. The Kier molecular flexibility index (Phi) is 6.30. The molecule has 1 amide bonds. The van der Waals surface area contributed by atoms with Gasteiger partial charge in [0.2, 0.25) is 5.91 Å². The first-order valence-corrected chi connectivity index (χ1v) is 8.78. The first-order valence-electron chi connectivity index (χ1n) is 6.74. The van der Waals surface area contributed by atoms with Gasteiger partial charge in [-0.05, 0) is 23.9 Å². The Bertz CT molecular complexity index is 697. The molecule has 0 radical (unpaired) electrons. The van der Waals surface area contributed by atoms with Crippen molar-refractivity contribution in [2.24, 2.45) is 5.10 Å². The third kappa shape index (κ3) is 5.50. The lowest BCUT2D eigenvalue weighted by molar-refractivity contribution is -0.384. The van der Waals surface area contributed by atoms with E-state index in [-0.39, 0.29) is 17.3 Å². The highest BCUT2D eigenvalue weighted by molar-refractivity contribution is 7.99. The predicted molar refractivity (Wildman–Crippen MR) is 93.9 cm³/mol. The average Bonchev–Trinajstić information content (AvgIpc) is 3.07. The number of hydrazone groups is 1. The van der Waals surface area contributed by atoms with E-state index in [0.717, 1.165) is 16.2 Å². The number of nitrogens with zero attached hydrogens (tertiary/aromatic N) is 2. The molecule has 2 rings (SSSR count). The third-order valence-electron chi connectivity index (χ3n) is 2.88. The van der Waals surface area contributed by atoms with E-state index in [9.17, 15) is 14.9 Å². The number of hydrogen-bond donors (Lipinski definition) is 1. The zero-order valence-electron chi connectivity index (χ0n) is 12.4. The van der Waals surface area contributed by atoms with Gasteiger partial charge < -0.3 is 0 Å². The lowest BCUT2D eigenvalue weighted by Gasteiger charge is -2.02. The van der Waals surface area contributed by atoms with Crippen LogP contribution in [0.25, 0.3) is 0 Å². The minimum atomic E-state index is -0.432. The van der Waals surface area contributed by atoms with Crippen LogP contribution in [-0.2, 0) is 10.5 Å². The number of thioether (sulfide) groups is 1. The van der Waals surface area contributed by atoms with Crippen LogP contribution in [0.1, 0.15) is 17.4 Å². The number of rotatable bonds is 7. The highest BCUT2D eigenvalue weighted by Gasteiger charge is 2.05. The van der Waals surface area contributed by atoms with E-state index < -0.39 is 4.92 Å². The Labute approximate surface area is 141 Å². The Morgan fingerprint density at radius 1 is 1.35 bits per heavy atom. The minimum absolute atomic E-state index is 0.0647. The lowest BCUT2D eigenvalue weighted by atomic mass is 10.2. The van der Waals surface area contributed by atoms with Gasteiger partial charge in [-0.1, -0.05) is 18.2 Å². The number of nitro groups is 1. The topological polar surface area (TPSA) is 84.6 Å². The molecule has 6 nitrogen and oxygen atoms in total. The maximum atomic E-state index is 11.7. The number of benzene rings is 1.